The molecule has 0 saturated carbocycles. The van der Waals surface area contributed by atoms with Crippen LogP contribution in [0.1, 0.15) is 29.8 Å². The number of hydrogen-bond acceptors (Lipinski definition) is 6. The summed E-state index contributed by atoms with van der Waals surface area (Å²) in [7, 11) is 0. The van der Waals surface area contributed by atoms with E-state index in [1.165, 1.54) is 4.90 Å². The molecule has 1 atom stereocenters. The highest BCUT2D eigenvalue weighted by molar-refractivity contribution is 6.00. The molecule has 1 aliphatic carbocycles. The normalized spacial score (nSPS) is 22.3. The quantitative estimate of drug-likeness (QED) is 0.742. The monoisotopic (exact) mass is 393 g/mol. The van der Waals surface area contributed by atoms with E-state index >= 15 is 0 Å². The predicted octanol–water partition coefficient (Wildman–Crippen LogP) is 1.80. The number of H-pyrrole nitrogens is 1. The van der Waals surface area contributed by atoms with Crippen LogP contribution in [0.15, 0.2) is 42.7 Å². The maximum atomic E-state index is 13.7. The summed E-state index contributed by atoms with van der Waals surface area (Å²) < 4.78 is 11.1. The molecular formula is C21H19N3O5. The van der Waals surface area contributed by atoms with Crippen LogP contribution in [0, 0.1) is 5.92 Å². The molecule has 1 amide bonds. The first-order valence-electron chi connectivity index (χ1n) is 9.63. The zero-order chi connectivity index (χ0) is 20.0. The Labute approximate surface area is 166 Å². The average Bonchev–Trinajstić information content (AvgIpc) is 3.14. The van der Waals surface area contributed by atoms with Crippen LogP contribution in [0.4, 0.5) is 5.69 Å². The van der Waals surface area contributed by atoms with Gasteiger partial charge in [-0.25, -0.2) is 19.5 Å². The summed E-state index contributed by atoms with van der Waals surface area (Å²) in [5, 5.41) is 0. The fraction of sp³-hybridized carbons (Fsp3) is 0.333. The highest BCUT2D eigenvalue weighted by Crippen LogP contribution is 2.41. The summed E-state index contributed by atoms with van der Waals surface area (Å²) in [6.07, 6.45) is 6.17. The van der Waals surface area contributed by atoms with Gasteiger partial charge in [0.2, 0.25) is 5.91 Å². The van der Waals surface area contributed by atoms with Gasteiger partial charge in [-0.2, -0.15) is 0 Å². The molecule has 0 bridgehead atoms. The highest BCUT2D eigenvalue weighted by Gasteiger charge is 2.53. The molecule has 8 heteroatoms. The van der Waals surface area contributed by atoms with Crippen LogP contribution in [0.25, 0.3) is 0 Å². The number of carbonyl (C=O) groups excluding carboxylic acids is 3. The Morgan fingerprint density at radius 2 is 1.90 bits per heavy atom. The standard InChI is InChI=1S/C21H19N3O5/c25-18-7-8-19(26)29-21(28-18)10-9-13-3-1-2-4-17(13)24(21)20(27)14-5-6-15-16(11-14)23-12-22-15/h1-4,7-8,12,14H,5-6,9-11H2,(H,22,23). The Balaban J connectivity index is 1.57. The van der Waals surface area contributed by atoms with Gasteiger partial charge < -0.3 is 14.5 Å². The van der Waals surface area contributed by atoms with Gasteiger partial charge in [0.15, 0.2) is 0 Å². The molecule has 8 nitrogen and oxygen atoms in total. The third-order valence-electron chi connectivity index (χ3n) is 5.72. The first-order chi connectivity index (χ1) is 14.1. The number of rotatable bonds is 1. The van der Waals surface area contributed by atoms with Gasteiger partial charge in [-0.15, -0.1) is 0 Å². The molecule has 0 fully saturated rings. The van der Waals surface area contributed by atoms with Gasteiger partial charge in [0.1, 0.15) is 0 Å². The van der Waals surface area contributed by atoms with Crippen molar-refractivity contribution in [3.05, 3.63) is 59.7 Å². The van der Waals surface area contributed by atoms with Crippen molar-refractivity contribution in [1.29, 1.82) is 0 Å². The number of imidazole rings is 1. The van der Waals surface area contributed by atoms with Crippen LogP contribution < -0.4 is 4.90 Å². The number of fused-ring (bicyclic) bond motifs is 2. The second-order valence-corrected chi connectivity index (χ2v) is 7.46. The van der Waals surface area contributed by atoms with Gasteiger partial charge in [-0.1, -0.05) is 18.2 Å². The Kier molecular flexibility index (Phi) is 4.01. The topological polar surface area (TPSA) is 102 Å². The summed E-state index contributed by atoms with van der Waals surface area (Å²) in [6.45, 7) is 0. The van der Waals surface area contributed by atoms with E-state index < -0.39 is 17.8 Å². The largest absolute Gasteiger partial charge is 0.400 e. The van der Waals surface area contributed by atoms with Gasteiger partial charge in [-0.05, 0) is 30.9 Å². The lowest BCUT2D eigenvalue weighted by atomic mass is 9.87. The van der Waals surface area contributed by atoms with E-state index in [1.807, 2.05) is 18.2 Å². The number of amides is 1. The van der Waals surface area contributed by atoms with Crippen LogP contribution in [0.3, 0.4) is 0 Å². The number of para-hydroxylation sites is 1. The molecule has 5 rings (SSSR count). The molecule has 148 valence electrons. The van der Waals surface area contributed by atoms with Crippen molar-refractivity contribution in [2.75, 3.05) is 4.90 Å². The number of nitrogens with zero attached hydrogens (tertiary/aromatic N) is 2. The van der Waals surface area contributed by atoms with Crippen LogP contribution in [0.5, 0.6) is 0 Å². The van der Waals surface area contributed by atoms with Crippen LogP contribution in [0.2, 0.25) is 0 Å². The molecule has 1 spiro atoms. The van der Waals surface area contributed by atoms with Crippen LogP contribution in [-0.4, -0.2) is 33.7 Å². The molecular weight excluding hydrogens is 374 g/mol. The van der Waals surface area contributed by atoms with E-state index in [1.54, 1.807) is 12.4 Å². The molecule has 1 aromatic carbocycles. The minimum atomic E-state index is -1.78. The number of hydrogen-bond donors (Lipinski definition) is 1. The Morgan fingerprint density at radius 3 is 2.69 bits per heavy atom. The third kappa shape index (κ3) is 2.91. The Hall–Kier alpha value is -3.42. The van der Waals surface area contributed by atoms with E-state index in [-0.39, 0.29) is 18.2 Å². The van der Waals surface area contributed by atoms with Crippen molar-refractivity contribution in [1.82, 2.24) is 9.97 Å². The number of carbonyl (C=O) groups is 3. The maximum Gasteiger partial charge on any atom is 0.349 e. The van der Waals surface area contributed by atoms with Crippen molar-refractivity contribution in [3.63, 3.8) is 0 Å². The van der Waals surface area contributed by atoms with Crippen molar-refractivity contribution in [2.24, 2.45) is 5.92 Å². The molecule has 3 aliphatic rings. The molecule has 0 radical (unpaired) electrons. The third-order valence-corrected chi connectivity index (χ3v) is 5.72. The molecule has 2 aromatic rings. The van der Waals surface area contributed by atoms with Crippen molar-refractivity contribution < 1.29 is 23.9 Å². The average molecular weight is 393 g/mol. The molecule has 1 aromatic heterocycles. The fourth-order valence-electron chi connectivity index (χ4n) is 4.34. The lowest BCUT2D eigenvalue weighted by Gasteiger charge is -2.45. The van der Waals surface area contributed by atoms with E-state index in [0.717, 1.165) is 29.1 Å². The van der Waals surface area contributed by atoms with Crippen LogP contribution >= 0.6 is 0 Å². The second-order valence-electron chi connectivity index (χ2n) is 7.46. The molecule has 29 heavy (non-hydrogen) atoms. The SMILES string of the molecule is O=C1C=CC(=O)OC2(CCc3ccccc3N2C(=O)C2CCc3nc[nH]c3C2)O1. The van der Waals surface area contributed by atoms with Crippen molar-refractivity contribution >= 4 is 23.5 Å². The summed E-state index contributed by atoms with van der Waals surface area (Å²) in [4.78, 5) is 46.9. The van der Waals surface area contributed by atoms with E-state index in [4.69, 9.17) is 9.47 Å². The number of aromatic amines is 1. The number of aryl methyl sites for hydroxylation is 2. The van der Waals surface area contributed by atoms with Gasteiger partial charge >= 0.3 is 17.8 Å². The summed E-state index contributed by atoms with van der Waals surface area (Å²) in [6, 6.07) is 7.42. The fourth-order valence-corrected chi connectivity index (χ4v) is 4.34. The van der Waals surface area contributed by atoms with Crippen molar-refractivity contribution in [2.45, 2.75) is 38.0 Å². The van der Waals surface area contributed by atoms with E-state index in [2.05, 4.69) is 9.97 Å². The first-order valence-corrected chi connectivity index (χ1v) is 9.63. The lowest BCUT2D eigenvalue weighted by molar-refractivity contribution is -0.224. The van der Waals surface area contributed by atoms with Gasteiger partial charge in [-0.3, -0.25) is 4.79 Å². The molecule has 2 aliphatic heterocycles. The number of nitrogens with one attached hydrogen (secondary N) is 1. The number of benzene rings is 1. The molecule has 1 unspecified atom stereocenters. The predicted molar refractivity (Wildman–Crippen MR) is 100 cm³/mol. The van der Waals surface area contributed by atoms with Gasteiger partial charge in [0.25, 0.3) is 0 Å². The second kappa shape index (κ2) is 6.58. The maximum absolute atomic E-state index is 13.7. The Morgan fingerprint density at radius 1 is 1.14 bits per heavy atom. The van der Waals surface area contributed by atoms with E-state index in [0.29, 0.717) is 31.4 Å². The van der Waals surface area contributed by atoms with Crippen molar-refractivity contribution in [3.8, 4) is 0 Å². The molecule has 3 heterocycles. The number of anilines is 1. The smallest absolute Gasteiger partial charge is 0.349 e. The minimum absolute atomic E-state index is 0.178. The minimum Gasteiger partial charge on any atom is -0.400 e. The number of ether oxygens (including phenoxy) is 2. The van der Waals surface area contributed by atoms with Gasteiger partial charge in [0, 0.05) is 30.2 Å². The first kappa shape index (κ1) is 17.7. The zero-order valence-electron chi connectivity index (χ0n) is 15.6. The van der Waals surface area contributed by atoms with Gasteiger partial charge in [0.05, 0.1) is 24.1 Å². The lowest BCUT2D eigenvalue weighted by Crippen LogP contribution is -2.61. The Bertz CT molecular complexity index is 1020. The summed E-state index contributed by atoms with van der Waals surface area (Å²) in [5.74, 6) is -3.79. The number of aromatic nitrogens is 2. The molecule has 0 saturated heterocycles. The highest BCUT2D eigenvalue weighted by atomic mass is 16.8. The number of esters is 2. The zero-order valence-corrected chi connectivity index (χ0v) is 15.6. The van der Waals surface area contributed by atoms with E-state index in [9.17, 15) is 14.4 Å². The summed E-state index contributed by atoms with van der Waals surface area (Å²) in [5.41, 5.74) is 3.44. The van der Waals surface area contributed by atoms with Crippen LogP contribution in [-0.2, 0) is 43.1 Å². The molecule has 1 N–H and O–H groups in total. The summed E-state index contributed by atoms with van der Waals surface area (Å²) >= 11 is 0.